The highest BCUT2D eigenvalue weighted by Gasteiger charge is 2.13. The van der Waals surface area contributed by atoms with Crippen molar-refractivity contribution in [1.29, 1.82) is 0 Å². The zero-order valence-electron chi connectivity index (χ0n) is 8.50. The maximum absolute atomic E-state index is 6.10. The smallest absolute Gasteiger partial charge is 0.0410 e. The molecule has 0 aliphatic rings. The quantitative estimate of drug-likeness (QED) is 0.756. The zero-order chi connectivity index (χ0) is 10.6. The lowest BCUT2D eigenvalue weighted by Gasteiger charge is -2.16. The molecule has 0 radical (unpaired) electrons. The molecular weight excluding hydrogens is 261 g/mol. The molecule has 1 aromatic heterocycles. The predicted molar refractivity (Wildman–Crippen MR) is 64.7 cm³/mol. The van der Waals surface area contributed by atoms with Gasteiger partial charge < -0.3 is 0 Å². The second-order valence-electron chi connectivity index (χ2n) is 3.56. The van der Waals surface area contributed by atoms with Crippen LogP contribution in [0.2, 0.25) is 0 Å². The largest absolute Gasteiger partial charge is 0.263 e. The van der Waals surface area contributed by atoms with E-state index in [4.69, 9.17) is 11.6 Å². The summed E-state index contributed by atoms with van der Waals surface area (Å²) in [5, 5.41) is 0.221. The van der Waals surface area contributed by atoms with Crippen molar-refractivity contribution < 1.29 is 0 Å². The highest BCUT2D eigenvalue weighted by atomic mass is 79.9. The van der Waals surface area contributed by atoms with Crippen LogP contribution in [-0.2, 0) is 6.42 Å². The van der Waals surface area contributed by atoms with E-state index in [9.17, 15) is 0 Å². The fraction of sp³-hybridized carbons (Fsp3) is 0.545. The third kappa shape index (κ3) is 3.58. The summed E-state index contributed by atoms with van der Waals surface area (Å²) >= 11 is 9.52. The third-order valence-corrected chi connectivity index (χ3v) is 3.22. The van der Waals surface area contributed by atoms with Gasteiger partial charge in [0.25, 0.3) is 0 Å². The number of nitrogens with zero attached hydrogens (tertiary/aromatic N) is 1. The Morgan fingerprint density at radius 3 is 2.71 bits per heavy atom. The van der Waals surface area contributed by atoms with Gasteiger partial charge in [0.15, 0.2) is 0 Å². The molecule has 0 fully saturated rings. The Bertz CT molecular complexity index is 288. The summed E-state index contributed by atoms with van der Waals surface area (Å²) in [5.74, 6) is 0.535. The number of rotatable bonds is 4. The van der Waals surface area contributed by atoms with Gasteiger partial charge in [-0.05, 0) is 46.8 Å². The van der Waals surface area contributed by atoms with Gasteiger partial charge in [0.05, 0.1) is 0 Å². The molecule has 0 saturated heterocycles. The summed E-state index contributed by atoms with van der Waals surface area (Å²) in [4.78, 5) is 4.14. The Balaban J connectivity index is 2.67. The molecule has 0 amide bonds. The average molecular weight is 277 g/mol. The van der Waals surface area contributed by atoms with E-state index in [2.05, 4.69) is 40.8 Å². The molecule has 0 aliphatic carbocycles. The van der Waals surface area contributed by atoms with Crippen LogP contribution in [0, 0.1) is 5.92 Å². The fourth-order valence-electron chi connectivity index (χ4n) is 1.50. The summed E-state index contributed by atoms with van der Waals surface area (Å²) < 4.78 is 1.03. The summed E-state index contributed by atoms with van der Waals surface area (Å²) in [6, 6.07) is 2.11. The lowest BCUT2D eigenvalue weighted by Crippen LogP contribution is -2.13. The molecular formula is C11H15BrClN. The molecule has 3 heteroatoms. The van der Waals surface area contributed by atoms with E-state index in [-0.39, 0.29) is 5.38 Å². The molecule has 2 unspecified atom stereocenters. The van der Waals surface area contributed by atoms with Gasteiger partial charge in [-0.1, -0.05) is 13.3 Å². The van der Waals surface area contributed by atoms with Crippen LogP contribution in [0.25, 0.3) is 0 Å². The van der Waals surface area contributed by atoms with E-state index in [1.165, 1.54) is 5.56 Å². The maximum atomic E-state index is 6.10. The minimum atomic E-state index is 0.221. The molecule has 0 N–H and O–H groups in total. The molecule has 0 spiro atoms. The molecule has 0 aromatic carbocycles. The van der Waals surface area contributed by atoms with Crippen molar-refractivity contribution in [3.8, 4) is 0 Å². The van der Waals surface area contributed by atoms with Crippen molar-refractivity contribution in [2.24, 2.45) is 5.92 Å². The number of hydrogen-bond acceptors (Lipinski definition) is 1. The van der Waals surface area contributed by atoms with Crippen molar-refractivity contribution in [2.45, 2.75) is 32.1 Å². The van der Waals surface area contributed by atoms with Crippen LogP contribution < -0.4 is 0 Å². The van der Waals surface area contributed by atoms with Gasteiger partial charge >= 0.3 is 0 Å². The number of halogens is 2. The molecule has 0 bridgehead atoms. The molecule has 1 nitrogen and oxygen atoms in total. The van der Waals surface area contributed by atoms with E-state index in [1.54, 1.807) is 6.20 Å². The molecule has 78 valence electrons. The summed E-state index contributed by atoms with van der Waals surface area (Å²) in [5.41, 5.74) is 1.25. The van der Waals surface area contributed by atoms with Gasteiger partial charge in [0, 0.05) is 22.2 Å². The molecule has 14 heavy (non-hydrogen) atoms. The van der Waals surface area contributed by atoms with E-state index >= 15 is 0 Å². The van der Waals surface area contributed by atoms with E-state index in [0.717, 1.165) is 17.3 Å². The molecule has 1 heterocycles. The molecule has 1 aromatic rings. The molecule has 0 aliphatic heterocycles. The van der Waals surface area contributed by atoms with Crippen LogP contribution in [0.3, 0.4) is 0 Å². The summed E-state index contributed by atoms with van der Waals surface area (Å²) in [6.07, 6.45) is 5.83. The van der Waals surface area contributed by atoms with Crippen LogP contribution in [0.5, 0.6) is 0 Å². The minimum Gasteiger partial charge on any atom is -0.263 e. The van der Waals surface area contributed by atoms with Crippen molar-refractivity contribution in [3.63, 3.8) is 0 Å². The van der Waals surface area contributed by atoms with Gasteiger partial charge in [-0.3, -0.25) is 4.98 Å². The lowest BCUT2D eigenvalue weighted by molar-refractivity contribution is 0.497. The first-order chi connectivity index (χ1) is 6.63. The maximum Gasteiger partial charge on any atom is 0.0410 e. The average Bonchev–Trinajstić information content (AvgIpc) is 2.14. The van der Waals surface area contributed by atoms with Crippen LogP contribution in [0.15, 0.2) is 22.9 Å². The highest BCUT2D eigenvalue weighted by molar-refractivity contribution is 9.10. The second-order valence-corrected chi connectivity index (χ2v) is 5.17. The minimum absolute atomic E-state index is 0.221. The van der Waals surface area contributed by atoms with Gasteiger partial charge in [0.2, 0.25) is 0 Å². The predicted octanol–water partition coefficient (Wildman–Crippen LogP) is 4.04. The number of alkyl halides is 1. The normalized spacial score (nSPS) is 15.1. The first-order valence-electron chi connectivity index (χ1n) is 4.87. The van der Waals surface area contributed by atoms with Crippen molar-refractivity contribution >= 4 is 27.5 Å². The van der Waals surface area contributed by atoms with E-state index in [0.29, 0.717) is 5.92 Å². The standard InChI is InChI=1S/C11H15BrClN/c1-3-10(8(2)13)4-9-5-11(12)7-14-6-9/h5-8,10H,3-4H2,1-2H3. The van der Waals surface area contributed by atoms with Gasteiger partial charge in [-0.25, -0.2) is 0 Å². The lowest BCUT2D eigenvalue weighted by atomic mass is 9.95. The van der Waals surface area contributed by atoms with Gasteiger partial charge in [-0.2, -0.15) is 0 Å². The number of pyridine rings is 1. The number of hydrogen-bond donors (Lipinski definition) is 0. The summed E-state index contributed by atoms with van der Waals surface area (Å²) in [6.45, 7) is 4.23. The fourth-order valence-corrected chi connectivity index (χ4v) is 2.18. The highest BCUT2D eigenvalue weighted by Crippen LogP contribution is 2.20. The zero-order valence-corrected chi connectivity index (χ0v) is 10.8. The first kappa shape index (κ1) is 12.0. The van der Waals surface area contributed by atoms with Crippen molar-refractivity contribution in [1.82, 2.24) is 4.98 Å². The van der Waals surface area contributed by atoms with Gasteiger partial charge in [0.1, 0.15) is 0 Å². The second kappa shape index (κ2) is 5.72. The number of aromatic nitrogens is 1. The van der Waals surface area contributed by atoms with Gasteiger partial charge in [-0.15, -0.1) is 11.6 Å². The Morgan fingerprint density at radius 2 is 2.21 bits per heavy atom. The van der Waals surface area contributed by atoms with Crippen LogP contribution in [0.1, 0.15) is 25.8 Å². The van der Waals surface area contributed by atoms with Crippen molar-refractivity contribution in [3.05, 3.63) is 28.5 Å². The topological polar surface area (TPSA) is 12.9 Å². The van der Waals surface area contributed by atoms with Crippen LogP contribution in [0.4, 0.5) is 0 Å². The monoisotopic (exact) mass is 275 g/mol. The Kier molecular flexibility index (Phi) is 4.90. The van der Waals surface area contributed by atoms with E-state index < -0.39 is 0 Å². The SMILES string of the molecule is CCC(Cc1cncc(Br)c1)C(C)Cl. The van der Waals surface area contributed by atoms with Crippen molar-refractivity contribution in [2.75, 3.05) is 0 Å². The molecule has 0 saturated carbocycles. The Labute approximate surface area is 99.0 Å². The Morgan fingerprint density at radius 1 is 1.50 bits per heavy atom. The molecule has 2 atom stereocenters. The third-order valence-electron chi connectivity index (χ3n) is 2.43. The van der Waals surface area contributed by atoms with Crippen LogP contribution >= 0.6 is 27.5 Å². The first-order valence-corrected chi connectivity index (χ1v) is 6.10. The van der Waals surface area contributed by atoms with E-state index in [1.807, 2.05) is 6.20 Å². The Hall–Kier alpha value is -0.0800. The van der Waals surface area contributed by atoms with Crippen LogP contribution in [-0.4, -0.2) is 10.4 Å². The summed E-state index contributed by atoms with van der Waals surface area (Å²) in [7, 11) is 0. The molecule has 1 rings (SSSR count).